The number of nitrogens with one attached hydrogen (secondary N) is 1. The topological polar surface area (TPSA) is 15.3 Å². The molecule has 18 heavy (non-hydrogen) atoms. The Kier molecular flexibility index (Phi) is 4.11. The Hall–Kier alpha value is -1.24. The Labute approximate surface area is 118 Å². The van der Waals surface area contributed by atoms with Crippen LogP contribution in [0.25, 0.3) is 0 Å². The Balaban J connectivity index is 2.08. The van der Waals surface area contributed by atoms with Crippen LogP contribution in [0.3, 0.4) is 0 Å². The van der Waals surface area contributed by atoms with E-state index < -0.39 is 0 Å². The zero-order valence-corrected chi connectivity index (χ0v) is 11.8. The summed E-state index contributed by atoms with van der Waals surface area (Å²) < 4.78 is 0. The Morgan fingerprint density at radius 3 is 3.11 bits per heavy atom. The lowest BCUT2D eigenvalue weighted by atomic mass is 10.1. The zero-order chi connectivity index (χ0) is 13.1. The summed E-state index contributed by atoms with van der Waals surface area (Å²) in [4.78, 5) is 2.13. The number of halogens is 1. The van der Waals surface area contributed by atoms with Gasteiger partial charge in [0.05, 0.1) is 0 Å². The zero-order valence-electron chi connectivity index (χ0n) is 10.2. The smallest absolute Gasteiger partial charge is 0.173 e. The van der Waals surface area contributed by atoms with E-state index in [4.69, 9.17) is 30.2 Å². The Morgan fingerprint density at radius 1 is 1.61 bits per heavy atom. The number of nitrogens with zero attached hydrogens (tertiary/aromatic N) is 1. The van der Waals surface area contributed by atoms with E-state index >= 15 is 0 Å². The van der Waals surface area contributed by atoms with E-state index in [2.05, 4.69) is 16.1 Å². The first-order valence-electron chi connectivity index (χ1n) is 5.90. The highest BCUT2D eigenvalue weighted by Gasteiger charge is 2.19. The quantitative estimate of drug-likeness (QED) is 0.673. The fraction of sp³-hybridized carbons (Fsp3) is 0.357. The molecule has 0 amide bonds. The first-order valence-corrected chi connectivity index (χ1v) is 6.69. The summed E-state index contributed by atoms with van der Waals surface area (Å²) in [6, 6.07) is 5.81. The van der Waals surface area contributed by atoms with Crippen LogP contribution < -0.4 is 5.32 Å². The molecular formula is C14H15ClN2S. The summed E-state index contributed by atoms with van der Waals surface area (Å²) in [6.07, 6.45) is 6.32. The van der Waals surface area contributed by atoms with Gasteiger partial charge in [-0.15, -0.1) is 12.3 Å². The number of benzene rings is 1. The third-order valence-electron chi connectivity index (χ3n) is 3.07. The second-order valence-corrected chi connectivity index (χ2v) is 5.33. The molecule has 2 nitrogen and oxygen atoms in total. The highest BCUT2D eigenvalue weighted by atomic mass is 35.5. The fourth-order valence-corrected chi connectivity index (χ4v) is 2.36. The van der Waals surface area contributed by atoms with Gasteiger partial charge in [-0.1, -0.05) is 18.5 Å². The summed E-state index contributed by atoms with van der Waals surface area (Å²) >= 11 is 11.4. The Morgan fingerprint density at radius 2 is 2.39 bits per heavy atom. The molecule has 0 radical (unpaired) electrons. The lowest BCUT2D eigenvalue weighted by molar-refractivity contribution is 0.388. The highest BCUT2D eigenvalue weighted by molar-refractivity contribution is 7.80. The van der Waals surface area contributed by atoms with Crippen LogP contribution in [0.4, 0.5) is 5.69 Å². The molecule has 4 heteroatoms. The average molecular weight is 279 g/mol. The number of fused-ring (bicyclic) bond motifs is 1. The minimum atomic E-state index is 0.272. The molecule has 1 N–H and O–H groups in total. The minimum Gasteiger partial charge on any atom is -0.345 e. The van der Waals surface area contributed by atoms with Gasteiger partial charge in [-0.05, 0) is 42.4 Å². The van der Waals surface area contributed by atoms with Gasteiger partial charge in [0.25, 0.3) is 0 Å². The lowest BCUT2D eigenvalue weighted by Gasteiger charge is -2.32. The third-order valence-corrected chi connectivity index (χ3v) is 3.67. The SMILES string of the molecule is C#CC(C)CCN1Cc2cc(Cl)ccc2NC1=S. The van der Waals surface area contributed by atoms with Gasteiger partial charge in [0.2, 0.25) is 0 Å². The van der Waals surface area contributed by atoms with E-state index in [1.165, 1.54) is 5.56 Å². The fourth-order valence-electron chi connectivity index (χ4n) is 1.90. The van der Waals surface area contributed by atoms with Crippen LogP contribution in [0.2, 0.25) is 5.02 Å². The van der Waals surface area contributed by atoms with Crippen LogP contribution in [0.15, 0.2) is 18.2 Å². The standard InChI is InChI=1S/C14H15ClN2S/c1-3-10(2)6-7-17-9-11-8-12(15)4-5-13(11)16-14(17)18/h1,4-5,8,10H,6-7,9H2,2H3,(H,16,18). The van der Waals surface area contributed by atoms with Crippen molar-refractivity contribution in [2.24, 2.45) is 5.92 Å². The van der Waals surface area contributed by atoms with Crippen LogP contribution in [0.5, 0.6) is 0 Å². The molecule has 0 spiro atoms. The molecule has 2 rings (SSSR count). The first kappa shape index (κ1) is 13.2. The Bertz CT molecular complexity index is 507. The van der Waals surface area contributed by atoms with Crippen molar-refractivity contribution in [2.45, 2.75) is 19.9 Å². The lowest BCUT2D eigenvalue weighted by Crippen LogP contribution is -2.39. The van der Waals surface area contributed by atoms with Gasteiger partial charge >= 0.3 is 0 Å². The van der Waals surface area contributed by atoms with Crippen molar-refractivity contribution in [3.8, 4) is 12.3 Å². The summed E-state index contributed by atoms with van der Waals surface area (Å²) in [5, 5.41) is 4.73. The van der Waals surface area contributed by atoms with E-state index in [-0.39, 0.29) is 5.92 Å². The second-order valence-electron chi connectivity index (χ2n) is 4.51. The van der Waals surface area contributed by atoms with Crippen molar-refractivity contribution >= 4 is 34.6 Å². The van der Waals surface area contributed by atoms with Crippen LogP contribution in [0.1, 0.15) is 18.9 Å². The van der Waals surface area contributed by atoms with Crippen LogP contribution in [-0.4, -0.2) is 16.6 Å². The molecule has 1 unspecified atom stereocenters. The molecule has 1 aromatic rings. The van der Waals surface area contributed by atoms with Crippen molar-refractivity contribution in [2.75, 3.05) is 11.9 Å². The number of rotatable bonds is 3. The number of hydrogen-bond donors (Lipinski definition) is 1. The largest absolute Gasteiger partial charge is 0.345 e. The van der Waals surface area contributed by atoms with Gasteiger partial charge in [-0.25, -0.2) is 0 Å². The number of terminal acetylenes is 1. The number of hydrogen-bond acceptors (Lipinski definition) is 1. The minimum absolute atomic E-state index is 0.272. The van der Waals surface area contributed by atoms with Crippen LogP contribution in [0, 0.1) is 18.3 Å². The molecule has 1 aliphatic rings. The maximum atomic E-state index is 6.01. The third kappa shape index (κ3) is 2.95. The average Bonchev–Trinajstić information content (AvgIpc) is 2.36. The molecule has 0 saturated carbocycles. The van der Waals surface area contributed by atoms with Crippen LogP contribution in [-0.2, 0) is 6.54 Å². The molecule has 1 aromatic carbocycles. The summed E-state index contributed by atoms with van der Waals surface area (Å²) in [5.74, 6) is 3.01. The molecule has 0 aromatic heterocycles. The molecule has 0 saturated heterocycles. The predicted molar refractivity (Wildman–Crippen MR) is 80.7 cm³/mol. The molecule has 1 atom stereocenters. The molecular weight excluding hydrogens is 264 g/mol. The van der Waals surface area contributed by atoms with E-state index in [0.717, 1.165) is 35.3 Å². The van der Waals surface area contributed by atoms with Gasteiger partial charge < -0.3 is 10.2 Å². The molecule has 1 heterocycles. The summed E-state index contributed by atoms with van der Waals surface area (Å²) in [6.45, 7) is 3.70. The number of anilines is 1. The van der Waals surface area contributed by atoms with Crippen molar-refractivity contribution in [1.82, 2.24) is 4.90 Å². The monoisotopic (exact) mass is 278 g/mol. The van der Waals surface area contributed by atoms with Gasteiger partial charge in [0, 0.05) is 29.7 Å². The first-order chi connectivity index (χ1) is 8.60. The van der Waals surface area contributed by atoms with Gasteiger partial charge in [-0.2, -0.15) is 0 Å². The molecule has 94 valence electrons. The van der Waals surface area contributed by atoms with Crippen molar-refractivity contribution in [3.05, 3.63) is 28.8 Å². The summed E-state index contributed by atoms with van der Waals surface area (Å²) in [7, 11) is 0. The van der Waals surface area contributed by atoms with Crippen molar-refractivity contribution in [1.29, 1.82) is 0 Å². The predicted octanol–water partition coefficient (Wildman–Crippen LogP) is 3.51. The maximum Gasteiger partial charge on any atom is 0.173 e. The van der Waals surface area contributed by atoms with Crippen molar-refractivity contribution in [3.63, 3.8) is 0 Å². The molecule has 0 fully saturated rings. The van der Waals surface area contributed by atoms with Crippen molar-refractivity contribution < 1.29 is 0 Å². The van der Waals surface area contributed by atoms with Gasteiger partial charge in [0.15, 0.2) is 5.11 Å². The van der Waals surface area contributed by atoms with E-state index in [0.29, 0.717) is 0 Å². The van der Waals surface area contributed by atoms with Crippen LogP contribution >= 0.6 is 23.8 Å². The number of thiocarbonyl (C=S) groups is 1. The summed E-state index contributed by atoms with van der Waals surface area (Å²) in [5.41, 5.74) is 2.22. The van der Waals surface area contributed by atoms with E-state index in [1.807, 2.05) is 25.1 Å². The van der Waals surface area contributed by atoms with E-state index in [1.54, 1.807) is 0 Å². The van der Waals surface area contributed by atoms with Gasteiger partial charge in [-0.3, -0.25) is 0 Å². The molecule has 0 bridgehead atoms. The normalized spacial score (nSPS) is 15.6. The maximum absolute atomic E-state index is 6.01. The second kappa shape index (κ2) is 5.60. The van der Waals surface area contributed by atoms with E-state index in [9.17, 15) is 0 Å². The molecule has 1 aliphatic heterocycles. The van der Waals surface area contributed by atoms with Gasteiger partial charge in [0.1, 0.15) is 0 Å². The molecule has 0 aliphatic carbocycles. The highest BCUT2D eigenvalue weighted by Crippen LogP contribution is 2.26.